The van der Waals surface area contributed by atoms with Gasteiger partial charge in [-0.05, 0) is 13.8 Å². The third-order valence-corrected chi connectivity index (χ3v) is 2.60. The second kappa shape index (κ2) is 5.29. The van der Waals surface area contributed by atoms with Gasteiger partial charge in [-0.1, -0.05) is 0 Å². The Balaban J connectivity index is 2.20. The van der Waals surface area contributed by atoms with E-state index in [1.807, 2.05) is 18.7 Å². The minimum atomic E-state index is -4.50. The lowest BCUT2D eigenvalue weighted by Gasteiger charge is -2.46. The first-order valence-corrected chi connectivity index (χ1v) is 5.52. The highest BCUT2D eigenvalue weighted by molar-refractivity contribution is 5.67. The van der Waals surface area contributed by atoms with Crippen LogP contribution in [-0.4, -0.2) is 55.1 Å². The van der Waals surface area contributed by atoms with Crippen LogP contribution in [0.5, 0.6) is 0 Å². The summed E-state index contributed by atoms with van der Waals surface area (Å²) in [5, 5.41) is 1.51. The number of alkyl carbamates (subject to hydrolysis) is 1. The van der Waals surface area contributed by atoms with Crippen molar-refractivity contribution in [3.8, 4) is 0 Å². The van der Waals surface area contributed by atoms with Crippen molar-refractivity contribution >= 4 is 6.09 Å². The Labute approximate surface area is 102 Å². The van der Waals surface area contributed by atoms with Crippen molar-refractivity contribution in [2.24, 2.45) is 0 Å². The lowest BCUT2D eigenvalue weighted by molar-refractivity contribution is -0.124. The smallest absolute Gasteiger partial charge is 0.407 e. The predicted octanol–water partition coefficient (Wildman–Crippen LogP) is 1.71. The Morgan fingerprint density at radius 3 is 2.44 bits per heavy atom. The molecular weight excluding hydrogens is 256 g/mol. The molecule has 18 heavy (non-hydrogen) atoms. The van der Waals surface area contributed by atoms with Crippen LogP contribution in [0.2, 0.25) is 0 Å². The van der Waals surface area contributed by atoms with Crippen LogP contribution in [0, 0.1) is 0 Å². The van der Waals surface area contributed by atoms with E-state index in [0.717, 1.165) is 0 Å². The number of amides is 1. The van der Waals surface area contributed by atoms with Gasteiger partial charge in [0.15, 0.2) is 5.67 Å². The minimum Gasteiger partial charge on any atom is -0.446 e. The van der Waals surface area contributed by atoms with Crippen molar-refractivity contribution in [3.63, 3.8) is 0 Å². The average molecular weight is 272 g/mol. The lowest BCUT2D eigenvalue weighted by Crippen LogP contribution is -2.63. The van der Waals surface area contributed by atoms with Crippen LogP contribution in [0.15, 0.2) is 0 Å². The van der Waals surface area contributed by atoms with E-state index in [4.69, 9.17) is 0 Å². The van der Waals surface area contributed by atoms with Crippen LogP contribution < -0.4 is 5.32 Å². The van der Waals surface area contributed by atoms with Crippen molar-refractivity contribution in [2.45, 2.75) is 31.7 Å². The zero-order valence-electron chi connectivity index (χ0n) is 10.2. The molecule has 0 aliphatic carbocycles. The molecule has 4 nitrogen and oxygen atoms in total. The molecule has 1 fully saturated rings. The molecule has 1 heterocycles. The van der Waals surface area contributed by atoms with E-state index >= 15 is 0 Å². The summed E-state index contributed by atoms with van der Waals surface area (Å²) < 4.78 is 53.5. The summed E-state index contributed by atoms with van der Waals surface area (Å²) in [4.78, 5) is 12.7. The summed E-state index contributed by atoms with van der Waals surface area (Å²) in [5.41, 5.74) is -1.65. The van der Waals surface area contributed by atoms with Gasteiger partial charge in [0.2, 0.25) is 0 Å². The van der Waals surface area contributed by atoms with Gasteiger partial charge in [-0.25, -0.2) is 9.18 Å². The molecule has 0 atom stereocenters. The van der Waals surface area contributed by atoms with E-state index in [0.29, 0.717) is 0 Å². The van der Waals surface area contributed by atoms with E-state index in [2.05, 4.69) is 4.74 Å². The second-order valence-electron chi connectivity index (χ2n) is 4.69. The van der Waals surface area contributed by atoms with Crippen LogP contribution in [-0.2, 0) is 4.74 Å². The van der Waals surface area contributed by atoms with Crippen LogP contribution in [0.3, 0.4) is 0 Å². The summed E-state index contributed by atoms with van der Waals surface area (Å²) >= 11 is 0. The molecule has 1 aliphatic heterocycles. The van der Waals surface area contributed by atoms with Gasteiger partial charge >= 0.3 is 12.3 Å². The molecule has 0 aromatic rings. The molecule has 1 N–H and O–H groups in total. The fourth-order valence-corrected chi connectivity index (χ4v) is 1.56. The number of nitrogens with zero attached hydrogens (tertiary/aromatic N) is 1. The summed E-state index contributed by atoms with van der Waals surface area (Å²) in [6.45, 7) is 2.03. The molecular formula is C10H16F4N2O2. The van der Waals surface area contributed by atoms with Crippen LogP contribution in [0.4, 0.5) is 22.4 Å². The number of likely N-dealkylation sites (tertiary alicyclic amines) is 1. The van der Waals surface area contributed by atoms with Crippen molar-refractivity contribution in [1.82, 2.24) is 10.2 Å². The van der Waals surface area contributed by atoms with Gasteiger partial charge in [0.1, 0.15) is 13.2 Å². The van der Waals surface area contributed by atoms with E-state index in [-0.39, 0.29) is 19.1 Å². The quantitative estimate of drug-likeness (QED) is 0.792. The van der Waals surface area contributed by atoms with Crippen molar-refractivity contribution in [1.29, 1.82) is 0 Å². The largest absolute Gasteiger partial charge is 0.446 e. The van der Waals surface area contributed by atoms with Gasteiger partial charge in [-0.3, -0.25) is 4.90 Å². The Hall–Kier alpha value is -1.05. The fraction of sp³-hybridized carbons (Fsp3) is 0.900. The number of hydrogen-bond donors (Lipinski definition) is 1. The van der Waals surface area contributed by atoms with Crippen molar-refractivity contribution in [2.75, 3.05) is 26.2 Å². The Kier molecular flexibility index (Phi) is 4.41. The van der Waals surface area contributed by atoms with Crippen molar-refractivity contribution in [3.05, 3.63) is 0 Å². The monoisotopic (exact) mass is 272 g/mol. The molecule has 8 heteroatoms. The third-order valence-electron chi connectivity index (χ3n) is 2.60. The molecule has 0 radical (unpaired) electrons. The summed E-state index contributed by atoms with van der Waals surface area (Å²) in [5.74, 6) is 0. The van der Waals surface area contributed by atoms with E-state index < -0.39 is 31.1 Å². The first kappa shape index (κ1) is 15.0. The summed E-state index contributed by atoms with van der Waals surface area (Å²) in [7, 11) is 0. The van der Waals surface area contributed by atoms with E-state index in [1.165, 1.54) is 5.32 Å². The number of carbonyl (C=O) groups is 1. The molecule has 0 unspecified atom stereocenters. The highest BCUT2D eigenvalue weighted by atomic mass is 19.4. The molecule has 0 bridgehead atoms. The number of ether oxygens (including phenoxy) is 1. The normalized spacial score (nSPS) is 19.5. The molecule has 1 rings (SSSR count). The Morgan fingerprint density at radius 2 is 2.00 bits per heavy atom. The highest BCUT2D eigenvalue weighted by Gasteiger charge is 2.45. The molecule has 0 saturated carbocycles. The SMILES string of the molecule is CC(C)N1CC(F)(COC(=O)NCC(F)(F)F)C1. The highest BCUT2D eigenvalue weighted by Crippen LogP contribution is 2.27. The summed E-state index contributed by atoms with van der Waals surface area (Å²) in [6.07, 6.45) is -5.76. The molecule has 1 aliphatic rings. The zero-order valence-corrected chi connectivity index (χ0v) is 10.2. The summed E-state index contributed by atoms with van der Waals surface area (Å²) in [6, 6.07) is 0.188. The number of alkyl halides is 4. The maximum Gasteiger partial charge on any atom is 0.407 e. The zero-order chi connectivity index (χ0) is 14.0. The van der Waals surface area contributed by atoms with E-state index in [1.54, 1.807) is 0 Å². The average Bonchev–Trinajstić information content (AvgIpc) is 2.18. The Bertz CT molecular complexity index is 301. The Morgan fingerprint density at radius 1 is 1.44 bits per heavy atom. The molecule has 0 aromatic carbocycles. The molecule has 106 valence electrons. The van der Waals surface area contributed by atoms with Crippen LogP contribution in [0.25, 0.3) is 0 Å². The topological polar surface area (TPSA) is 41.6 Å². The van der Waals surface area contributed by atoms with Crippen LogP contribution in [0.1, 0.15) is 13.8 Å². The van der Waals surface area contributed by atoms with Crippen LogP contribution >= 0.6 is 0 Å². The van der Waals surface area contributed by atoms with Gasteiger partial charge < -0.3 is 10.1 Å². The number of carbonyl (C=O) groups excluding carboxylic acids is 1. The predicted molar refractivity (Wildman–Crippen MR) is 56.0 cm³/mol. The maximum atomic E-state index is 13.8. The maximum absolute atomic E-state index is 13.8. The van der Waals surface area contributed by atoms with Gasteiger partial charge in [0.25, 0.3) is 0 Å². The fourth-order valence-electron chi connectivity index (χ4n) is 1.56. The number of rotatable bonds is 4. The molecule has 1 saturated heterocycles. The van der Waals surface area contributed by atoms with Gasteiger partial charge in [-0.2, -0.15) is 13.2 Å². The van der Waals surface area contributed by atoms with Gasteiger partial charge in [0.05, 0.1) is 0 Å². The second-order valence-corrected chi connectivity index (χ2v) is 4.69. The van der Waals surface area contributed by atoms with Gasteiger partial charge in [-0.15, -0.1) is 0 Å². The molecule has 1 amide bonds. The standard InChI is InChI=1S/C10H16F4N2O2/c1-7(2)16-4-9(11,5-16)6-18-8(17)15-3-10(12,13)14/h7H,3-6H2,1-2H3,(H,15,17). The number of nitrogens with one attached hydrogen (secondary N) is 1. The van der Waals surface area contributed by atoms with Crippen molar-refractivity contribution < 1.29 is 27.1 Å². The minimum absolute atomic E-state index is 0.122. The van der Waals surface area contributed by atoms with Gasteiger partial charge in [0, 0.05) is 19.1 Å². The first-order chi connectivity index (χ1) is 8.11. The number of halogens is 4. The molecule has 0 spiro atoms. The van der Waals surface area contributed by atoms with E-state index in [9.17, 15) is 22.4 Å². The molecule has 0 aromatic heterocycles. The number of hydrogen-bond acceptors (Lipinski definition) is 3. The lowest BCUT2D eigenvalue weighted by atomic mass is 9.96. The first-order valence-electron chi connectivity index (χ1n) is 5.52. The third kappa shape index (κ3) is 4.67.